The van der Waals surface area contributed by atoms with Gasteiger partial charge in [0.1, 0.15) is 0 Å². The van der Waals surface area contributed by atoms with Crippen LogP contribution in [0.1, 0.15) is 61.1 Å². The third-order valence-corrected chi connectivity index (χ3v) is 11.0. The van der Waals surface area contributed by atoms with Crippen LogP contribution in [0, 0.1) is 0 Å². The molecular formula is C44H32N2. The predicted molar refractivity (Wildman–Crippen MR) is 189 cm³/mol. The largest absolute Gasteiger partial charge is 0.248 e. The van der Waals surface area contributed by atoms with Gasteiger partial charge in [0.15, 0.2) is 0 Å². The zero-order valence-electron chi connectivity index (χ0n) is 26.4. The van der Waals surface area contributed by atoms with Crippen LogP contribution in [0.4, 0.5) is 11.4 Å². The van der Waals surface area contributed by atoms with Crippen LogP contribution in [0.2, 0.25) is 0 Å². The lowest BCUT2D eigenvalue weighted by atomic mass is 9.75. The minimum Gasteiger partial charge on any atom is -0.248 e. The van der Waals surface area contributed by atoms with Gasteiger partial charge in [0.05, 0.1) is 22.4 Å². The fourth-order valence-corrected chi connectivity index (χ4v) is 9.03. The average Bonchev–Trinajstić information content (AvgIpc) is 3.78. The van der Waals surface area contributed by atoms with Gasteiger partial charge < -0.3 is 0 Å². The zero-order chi connectivity index (χ0) is 30.9. The van der Waals surface area contributed by atoms with E-state index in [0.29, 0.717) is 0 Å². The summed E-state index contributed by atoms with van der Waals surface area (Å²) in [7, 11) is 0. The van der Waals surface area contributed by atoms with Crippen molar-refractivity contribution < 1.29 is 0 Å². The number of aliphatic imine (C=N–C) groups is 1. The van der Waals surface area contributed by atoms with Gasteiger partial charge in [-0.05, 0) is 68.3 Å². The van der Waals surface area contributed by atoms with E-state index in [9.17, 15) is 0 Å². The van der Waals surface area contributed by atoms with Gasteiger partial charge in [-0.25, -0.2) is 9.98 Å². The summed E-state index contributed by atoms with van der Waals surface area (Å²) < 4.78 is 0. The summed E-state index contributed by atoms with van der Waals surface area (Å²) >= 11 is 0. The maximum Gasteiger partial charge on any atom is 0.0817 e. The molecule has 0 saturated heterocycles. The molecule has 6 aromatic carbocycles. The number of hydrogen-bond acceptors (Lipinski definition) is 2. The van der Waals surface area contributed by atoms with Gasteiger partial charge in [-0.1, -0.05) is 131 Å². The van der Waals surface area contributed by atoms with Crippen LogP contribution < -0.4 is 10.6 Å². The number of fused-ring (bicyclic) bond motifs is 11. The Balaban J connectivity index is 1.32. The van der Waals surface area contributed by atoms with E-state index in [4.69, 9.17) is 9.98 Å². The summed E-state index contributed by atoms with van der Waals surface area (Å²) in [5, 5.41) is 2.19. The first kappa shape index (κ1) is 25.9. The molecule has 2 aliphatic carbocycles. The van der Waals surface area contributed by atoms with Crippen molar-refractivity contribution in [1.29, 1.82) is 0 Å². The highest BCUT2D eigenvalue weighted by molar-refractivity contribution is 6.36. The Morgan fingerprint density at radius 3 is 1.63 bits per heavy atom. The maximum atomic E-state index is 5.70. The highest BCUT2D eigenvalue weighted by atomic mass is 14.8. The average molecular weight is 589 g/mol. The maximum absolute atomic E-state index is 5.70. The van der Waals surface area contributed by atoms with E-state index in [1.54, 1.807) is 0 Å². The first-order valence-corrected chi connectivity index (χ1v) is 16.3. The number of nitrogens with zero attached hydrogens (tertiary/aromatic N) is 2. The number of para-hydroxylation sites is 1. The molecule has 2 heteroatoms. The van der Waals surface area contributed by atoms with Gasteiger partial charge in [0.2, 0.25) is 0 Å². The van der Waals surface area contributed by atoms with Gasteiger partial charge in [-0.2, -0.15) is 0 Å². The van der Waals surface area contributed by atoms with Crippen LogP contribution in [0.5, 0.6) is 0 Å². The second-order valence-electron chi connectivity index (χ2n) is 14.1. The van der Waals surface area contributed by atoms with Crippen LogP contribution in [0.15, 0.2) is 131 Å². The Labute approximate surface area is 269 Å². The van der Waals surface area contributed by atoms with Crippen LogP contribution in [-0.2, 0) is 10.8 Å². The number of hydrogen-bond donors (Lipinski definition) is 0. The highest BCUT2D eigenvalue weighted by Gasteiger charge is 2.42. The third-order valence-electron chi connectivity index (χ3n) is 11.0. The van der Waals surface area contributed by atoms with Crippen molar-refractivity contribution in [2.24, 2.45) is 9.98 Å². The van der Waals surface area contributed by atoms with Crippen molar-refractivity contribution in [3.05, 3.63) is 165 Å². The Morgan fingerprint density at radius 1 is 0.435 bits per heavy atom. The van der Waals surface area contributed by atoms with Crippen molar-refractivity contribution in [3.63, 3.8) is 0 Å². The summed E-state index contributed by atoms with van der Waals surface area (Å²) in [5.41, 5.74) is 19.6. The molecule has 2 heterocycles. The van der Waals surface area contributed by atoms with Gasteiger partial charge in [0.25, 0.3) is 0 Å². The van der Waals surface area contributed by atoms with Crippen molar-refractivity contribution in [2.75, 3.05) is 0 Å². The monoisotopic (exact) mass is 588 g/mol. The van der Waals surface area contributed by atoms with Crippen molar-refractivity contribution in [3.8, 4) is 33.4 Å². The van der Waals surface area contributed by atoms with E-state index in [1.165, 1.54) is 66.4 Å². The molecule has 0 N–H and O–H groups in total. The summed E-state index contributed by atoms with van der Waals surface area (Å²) in [6, 6.07) is 44.5. The van der Waals surface area contributed by atoms with E-state index >= 15 is 0 Å². The molecule has 0 bridgehead atoms. The Bertz CT molecular complexity index is 2530. The van der Waals surface area contributed by atoms with E-state index in [2.05, 4.69) is 149 Å². The van der Waals surface area contributed by atoms with Crippen LogP contribution in [0.3, 0.4) is 0 Å². The van der Waals surface area contributed by atoms with Gasteiger partial charge in [0, 0.05) is 38.3 Å². The van der Waals surface area contributed by atoms with Gasteiger partial charge >= 0.3 is 0 Å². The minimum atomic E-state index is -0.164. The molecule has 4 aliphatic rings. The van der Waals surface area contributed by atoms with Crippen LogP contribution >= 0.6 is 0 Å². The molecule has 0 saturated carbocycles. The van der Waals surface area contributed by atoms with E-state index in [0.717, 1.165) is 33.6 Å². The summed E-state index contributed by atoms with van der Waals surface area (Å²) in [6.45, 7) is 9.50. The van der Waals surface area contributed by atoms with Crippen LogP contribution in [0.25, 0.3) is 39.0 Å². The summed E-state index contributed by atoms with van der Waals surface area (Å²) in [4.78, 5) is 10.7. The molecular weight excluding hydrogens is 556 g/mol. The number of rotatable bonds is 2. The normalized spacial score (nSPS) is 16.4. The lowest BCUT2D eigenvalue weighted by Gasteiger charge is -2.27. The Hall–Kier alpha value is -5.34. The fourth-order valence-electron chi connectivity index (χ4n) is 9.03. The molecule has 46 heavy (non-hydrogen) atoms. The Morgan fingerprint density at radius 2 is 0.957 bits per heavy atom. The van der Waals surface area contributed by atoms with E-state index in [-0.39, 0.29) is 10.8 Å². The van der Waals surface area contributed by atoms with Crippen molar-refractivity contribution >= 4 is 22.7 Å². The molecule has 0 atom stereocenters. The van der Waals surface area contributed by atoms with Crippen LogP contribution in [-0.4, -0.2) is 5.71 Å². The molecule has 0 fully saturated rings. The summed E-state index contributed by atoms with van der Waals surface area (Å²) in [5.74, 6) is 0. The molecule has 0 radical (unpaired) electrons. The molecule has 2 aliphatic heterocycles. The SMILES string of the molecule is CC1(C)c2ccccc2-c2cccc(C3=Nc4c5c(ccc4=C3c3cccc4c3C(C)(C)c3ccccc3-4)=Nc3ccccc3-5)c21. The second kappa shape index (κ2) is 8.68. The molecule has 6 aromatic rings. The smallest absolute Gasteiger partial charge is 0.0817 e. The molecule has 0 spiro atoms. The molecule has 10 rings (SSSR count). The minimum absolute atomic E-state index is 0.157. The highest BCUT2D eigenvalue weighted by Crippen LogP contribution is 2.54. The first-order chi connectivity index (χ1) is 22.4. The van der Waals surface area contributed by atoms with E-state index in [1.807, 2.05) is 0 Å². The molecule has 2 nitrogen and oxygen atoms in total. The molecule has 218 valence electrons. The van der Waals surface area contributed by atoms with Gasteiger partial charge in [-0.3, -0.25) is 0 Å². The first-order valence-electron chi connectivity index (χ1n) is 16.3. The molecule has 0 amide bonds. The molecule has 0 unspecified atom stereocenters. The molecule has 0 aromatic heterocycles. The predicted octanol–water partition coefficient (Wildman–Crippen LogP) is 9.56. The van der Waals surface area contributed by atoms with Gasteiger partial charge in [-0.15, -0.1) is 0 Å². The quantitative estimate of drug-likeness (QED) is 0.192. The Kier molecular flexibility index (Phi) is 4.89. The lowest BCUT2D eigenvalue weighted by Crippen LogP contribution is -2.23. The van der Waals surface area contributed by atoms with E-state index < -0.39 is 0 Å². The topological polar surface area (TPSA) is 24.7 Å². The van der Waals surface area contributed by atoms with Crippen molar-refractivity contribution in [2.45, 2.75) is 38.5 Å². The standard InChI is InChI=1S/C44H32N2/c1-43(2)33-20-8-5-13-25(33)27-16-11-18-30(39(27)43)37-31-23-24-36-38(29-15-7-10-22-35(29)45-36)41(31)46-42(37)32-19-12-17-28-26-14-6-9-21-34(26)44(3,4)40(28)32/h5-24H,1-4H3. The van der Waals surface area contributed by atoms with Crippen molar-refractivity contribution in [1.82, 2.24) is 0 Å². The zero-order valence-corrected chi connectivity index (χ0v) is 26.4. The lowest BCUT2D eigenvalue weighted by molar-refractivity contribution is 0.658. The fraction of sp³-hybridized carbons (Fsp3) is 0.136. The number of benzene rings is 6. The second-order valence-corrected chi connectivity index (χ2v) is 14.1. The third kappa shape index (κ3) is 3.12. The summed E-state index contributed by atoms with van der Waals surface area (Å²) in [6.07, 6.45) is 0.